The van der Waals surface area contributed by atoms with Crippen molar-refractivity contribution in [1.29, 1.82) is 0 Å². The fraction of sp³-hybridized carbons (Fsp3) is 0.400. The van der Waals surface area contributed by atoms with E-state index in [1.54, 1.807) is 14.0 Å². The van der Waals surface area contributed by atoms with Crippen LogP contribution in [0.25, 0.3) is 0 Å². The summed E-state index contributed by atoms with van der Waals surface area (Å²) in [6.45, 7) is 1.66. The van der Waals surface area contributed by atoms with Crippen LogP contribution in [-0.2, 0) is 0 Å². The number of aliphatic hydroxyl groups is 1. The van der Waals surface area contributed by atoms with Gasteiger partial charge >= 0.3 is 0 Å². The maximum absolute atomic E-state index is 9.35. The van der Waals surface area contributed by atoms with Gasteiger partial charge in [0, 0.05) is 4.47 Å². The maximum atomic E-state index is 9.35. The molecule has 0 unspecified atom stereocenters. The van der Waals surface area contributed by atoms with Crippen molar-refractivity contribution in [3.05, 3.63) is 28.2 Å². The lowest BCUT2D eigenvalue weighted by molar-refractivity contribution is 0.164. The van der Waals surface area contributed by atoms with E-state index in [9.17, 15) is 5.11 Å². The zero-order valence-corrected chi connectivity index (χ0v) is 9.78. The Balaban J connectivity index is 3.02. The number of methoxy groups -OCH3 is 1. The molecule has 2 atom stereocenters. The molecular formula is C10H14BrNO2. The minimum Gasteiger partial charge on any atom is -0.497 e. The van der Waals surface area contributed by atoms with Gasteiger partial charge in [-0.25, -0.2) is 0 Å². The summed E-state index contributed by atoms with van der Waals surface area (Å²) in [6, 6.07) is 5.15. The van der Waals surface area contributed by atoms with Gasteiger partial charge in [-0.1, -0.05) is 15.9 Å². The molecule has 0 amide bonds. The van der Waals surface area contributed by atoms with Crippen molar-refractivity contribution in [2.24, 2.45) is 5.73 Å². The first-order valence-corrected chi connectivity index (χ1v) is 5.12. The summed E-state index contributed by atoms with van der Waals surface area (Å²) in [5.74, 6) is 0.727. The van der Waals surface area contributed by atoms with Crippen molar-refractivity contribution in [3.8, 4) is 5.75 Å². The van der Waals surface area contributed by atoms with Crippen LogP contribution in [0.15, 0.2) is 22.7 Å². The van der Waals surface area contributed by atoms with Gasteiger partial charge in [-0.3, -0.25) is 0 Å². The number of benzene rings is 1. The second-order valence-electron chi connectivity index (χ2n) is 3.19. The molecule has 0 aromatic heterocycles. The fourth-order valence-corrected chi connectivity index (χ4v) is 1.66. The van der Waals surface area contributed by atoms with E-state index in [-0.39, 0.29) is 6.04 Å². The Bertz CT molecular complexity index is 315. The molecule has 0 aliphatic rings. The number of hydrogen-bond donors (Lipinski definition) is 2. The molecule has 1 rings (SSSR count). The first-order valence-electron chi connectivity index (χ1n) is 4.32. The van der Waals surface area contributed by atoms with Crippen molar-refractivity contribution < 1.29 is 9.84 Å². The summed E-state index contributed by atoms with van der Waals surface area (Å²) in [6.07, 6.45) is -0.575. The molecule has 14 heavy (non-hydrogen) atoms. The van der Waals surface area contributed by atoms with Gasteiger partial charge in [-0.05, 0) is 30.7 Å². The molecule has 0 aliphatic carbocycles. The van der Waals surface area contributed by atoms with E-state index >= 15 is 0 Å². The number of rotatable bonds is 3. The normalized spacial score (nSPS) is 14.9. The predicted molar refractivity (Wildman–Crippen MR) is 59.3 cm³/mol. The van der Waals surface area contributed by atoms with E-state index in [1.165, 1.54) is 0 Å². The highest BCUT2D eigenvalue weighted by atomic mass is 79.9. The van der Waals surface area contributed by atoms with Crippen LogP contribution in [0.5, 0.6) is 5.75 Å². The summed E-state index contributed by atoms with van der Waals surface area (Å²) in [4.78, 5) is 0. The topological polar surface area (TPSA) is 55.5 Å². The predicted octanol–water partition coefficient (Wildman–Crippen LogP) is 1.84. The first kappa shape index (κ1) is 11.5. The lowest BCUT2D eigenvalue weighted by Crippen LogP contribution is -2.23. The molecular weight excluding hydrogens is 246 g/mol. The summed E-state index contributed by atoms with van der Waals surface area (Å²) < 4.78 is 5.99. The van der Waals surface area contributed by atoms with E-state index in [0.29, 0.717) is 0 Å². The van der Waals surface area contributed by atoms with Gasteiger partial charge in [0.1, 0.15) is 5.75 Å². The third-order valence-corrected chi connectivity index (χ3v) is 2.49. The largest absolute Gasteiger partial charge is 0.497 e. The van der Waals surface area contributed by atoms with Crippen molar-refractivity contribution in [2.75, 3.05) is 7.11 Å². The van der Waals surface area contributed by atoms with Gasteiger partial charge in [0.05, 0.1) is 19.3 Å². The zero-order valence-electron chi connectivity index (χ0n) is 8.20. The number of hydrogen-bond acceptors (Lipinski definition) is 3. The van der Waals surface area contributed by atoms with Gasteiger partial charge in [-0.2, -0.15) is 0 Å². The van der Waals surface area contributed by atoms with E-state index < -0.39 is 6.10 Å². The summed E-state index contributed by atoms with van der Waals surface area (Å²) in [5, 5.41) is 9.35. The quantitative estimate of drug-likeness (QED) is 0.871. The van der Waals surface area contributed by atoms with Gasteiger partial charge < -0.3 is 15.6 Å². The second-order valence-corrected chi connectivity index (χ2v) is 4.11. The molecule has 1 aromatic rings. The number of aliphatic hydroxyl groups excluding tert-OH is 1. The van der Waals surface area contributed by atoms with Gasteiger partial charge in [0.2, 0.25) is 0 Å². The number of halogens is 1. The molecule has 0 fully saturated rings. The van der Waals surface area contributed by atoms with Gasteiger partial charge in [0.15, 0.2) is 0 Å². The molecule has 0 bridgehead atoms. The molecule has 3 nitrogen and oxygen atoms in total. The Morgan fingerprint density at radius 2 is 2.07 bits per heavy atom. The third kappa shape index (κ3) is 2.70. The van der Waals surface area contributed by atoms with E-state index in [1.807, 2.05) is 18.2 Å². The van der Waals surface area contributed by atoms with Gasteiger partial charge in [-0.15, -0.1) is 0 Å². The maximum Gasteiger partial charge on any atom is 0.120 e. The molecule has 0 saturated heterocycles. The van der Waals surface area contributed by atoms with Crippen molar-refractivity contribution in [2.45, 2.75) is 19.1 Å². The summed E-state index contributed by atoms with van der Waals surface area (Å²) in [7, 11) is 1.60. The van der Waals surface area contributed by atoms with Crippen LogP contribution >= 0.6 is 15.9 Å². The third-order valence-electron chi connectivity index (χ3n) is 2.03. The Hall–Kier alpha value is -0.580. The average molecular weight is 260 g/mol. The SMILES string of the molecule is COc1cc(Br)cc([C@@H](N)[C@@H](C)O)c1. The van der Waals surface area contributed by atoms with E-state index in [2.05, 4.69) is 15.9 Å². The molecule has 3 N–H and O–H groups in total. The standard InChI is InChI=1S/C10H14BrNO2/c1-6(13)10(12)7-3-8(11)5-9(4-7)14-2/h3-6,10,13H,12H2,1-2H3/t6-,10+/m1/s1. The highest BCUT2D eigenvalue weighted by Crippen LogP contribution is 2.25. The minimum atomic E-state index is -0.575. The molecule has 0 aliphatic heterocycles. The smallest absolute Gasteiger partial charge is 0.120 e. The lowest BCUT2D eigenvalue weighted by Gasteiger charge is -2.16. The number of ether oxygens (including phenoxy) is 1. The molecule has 4 heteroatoms. The Morgan fingerprint density at radius 3 is 2.57 bits per heavy atom. The Kier molecular flexibility index (Phi) is 3.92. The van der Waals surface area contributed by atoms with Crippen LogP contribution in [0.2, 0.25) is 0 Å². The monoisotopic (exact) mass is 259 g/mol. The highest BCUT2D eigenvalue weighted by Gasteiger charge is 2.13. The lowest BCUT2D eigenvalue weighted by atomic mass is 10.0. The second kappa shape index (κ2) is 4.77. The Morgan fingerprint density at radius 1 is 1.43 bits per heavy atom. The van der Waals surface area contributed by atoms with Crippen molar-refractivity contribution in [1.82, 2.24) is 0 Å². The molecule has 0 radical (unpaired) electrons. The minimum absolute atomic E-state index is 0.388. The van der Waals surface area contributed by atoms with E-state index in [4.69, 9.17) is 10.5 Å². The zero-order chi connectivity index (χ0) is 10.7. The molecule has 0 heterocycles. The van der Waals surface area contributed by atoms with Crippen LogP contribution in [0.1, 0.15) is 18.5 Å². The Labute approximate surface area is 92.0 Å². The highest BCUT2D eigenvalue weighted by molar-refractivity contribution is 9.10. The van der Waals surface area contributed by atoms with Crippen LogP contribution < -0.4 is 10.5 Å². The van der Waals surface area contributed by atoms with Crippen LogP contribution in [-0.4, -0.2) is 18.3 Å². The molecule has 1 aromatic carbocycles. The average Bonchev–Trinajstić information content (AvgIpc) is 2.15. The van der Waals surface area contributed by atoms with E-state index in [0.717, 1.165) is 15.8 Å². The molecule has 0 saturated carbocycles. The first-order chi connectivity index (χ1) is 6.54. The van der Waals surface area contributed by atoms with Crippen molar-refractivity contribution >= 4 is 15.9 Å². The molecule has 0 spiro atoms. The number of nitrogens with two attached hydrogens (primary N) is 1. The van der Waals surface area contributed by atoms with Gasteiger partial charge in [0.25, 0.3) is 0 Å². The fourth-order valence-electron chi connectivity index (χ4n) is 1.17. The van der Waals surface area contributed by atoms with Crippen LogP contribution in [0.4, 0.5) is 0 Å². The van der Waals surface area contributed by atoms with Crippen molar-refractivity contribution in [3.63, 3.8) is 0 Å². The van der Waals surface area contributed by atoms with Crippen LogP contribution in [0, 0.1) is 0 Å². The summed E-state index contributed by atoms with van der Waals surface area (Å²) >= 11 is 3.35. The van der Waals surface area contributed by atoms with Crippen LogP contribution in [0.3, 0.4) is 0 Å². The summed E-state index contributed by atoms with van der Waals surface area (Å²) in [5.41, 5.74) is 6.66. The molecule has 78 valence electrons.